The molecule has 0 aliphatic heterocycles. The van der Waals surface area contributed by atoms with Gasteiger partial charge in [-0.25, -0.2) is 8.42 Å². The number of amides is 1. The SMILES string of the molecule is COc1cccc(OCCNC(=O)CN(c2ccc(C)c(Cl)c2)S(=O)(=O)c2ccc(C)cc2)c1. The van der Waals surface area contributed by atoms with Gasteiger partial charge in [-0.2, -0.15) is 0 Å². The number of carbonyl (C=O) groups excluding carboxylic acids is 1. The van der Waals surface area contributed by atoms with Gasteiger partial charge in [0, 0.05) is 11.1 Å². The van der Waals surface area contributed by atoms with Gasteiger partial charge < -0.3 is 14.8 Å². The van der Waals surface area contributed by atoms with Crippen molar-refractivity contribution in [2.75, 3.05) is 31.1 Å². The average molecular weight is 503 g/mol. The topological polar surface area (TPSA) is 84.9 Å². The van der Waals surface area contributed by atoms with Crippen LogP contribution in [0, 0.1) is 13.8 Å². The number of methoxy groups -OCH3 is 1. The molecule has 34 heavy (non-hydrogen) atoms. The Bertz CT molecular complexity index is 1250. The molecule has 1 N–H and O–H groups in total. The number of anilines is 1. The summed E-state index contributed by atoms with van der Waals surface area (Å²) in [4.78, 5) is 12.8. The van der Waals surface area contributed by atoms with Crippen LogP contribution in [0.15, 0.2) is 71.6 Å². The maximum absolute atomic E-state index is 13.4. The Morgan fingerprint density at radius 3 is 2.38 bits per heavy atom. The van der Waals surface area contributed by atoms with Crippen molar-refractivity contribution < 1.29 is 22.7 Å². The van der Waals surface area contributed by atoms with E-state index in [9.17, 15) is 13.2 Å². The molecule has 0 unspecified atom stereocenters. The van der Waals surface area contributed by atoms with Crippen molar-refractivity contribution in [3.63, 3.8) is 0 Å². The highest BCUT2D eigenvalue weighted by molar-refractivity contribution is 7.92. The van der Waals surface area contributed by atoms with Gasteiger partial charge in [-0.15, -0.1) is 0 Å². The smallest absolute Gasteiger partial charge is 0.264 e. The van der Waals surface area contributed by atoms with Crippen LogP contribution in [0.5, 0.6) is 11.5 Å². The number of carbonyl (C=O) groups is 1. The largest absolute Gasteiger partial charge is 0.497 e. The first kappa shape index (κ1) is 25.4. The molecule has 0 fully saturated rings. The van der Waals surface area contributed by atoms with Crippen LogP contribution in [0.1, 0.15) is 11.1 Å². The van der Waals surface area contributed by atoms with Crippen LogP contribution in [0.4, 0.5) is 5.69 Å². The predicted molar refractivity (Wildman–Crippen MR) is 133 cm³/mol. The fourth-order valence-corrected chi connectivity index (χ4v) is 4.71. The van der Waals surface area contributed by atoms with Gasteiger partial charge in [0.15, 0.2) is 0 Å². The lowest BCUT2D eigenvalue weighted by atomic mass is 10.2. The molecule has 0 atom stereocenters. The molecule has 0 aliphatic carbocycles. The Morgan fingerprint density at radius 2 is 1.71 bits per heavy atom. The molecule has 0 radical (unpaired) electrons. The van der Waals surface area contributed by atoms with Crippen LogP contribution in [0.2, 0.25) is 5.02 Å². The molecule has 180 valence electrons. The fraction of sp³-hybridized carbons (Fsp3) is 0.240. The molecule has 0 bridgehead atoms. The van der Waals surface area contributed by atoms with E-state index >= 15 is 0 Å². The first-order valence-corrected chi connectivity index (χ1v) is 12.4. The minimum absolute atomic E-state index is 0.0870. The first-order chi connectivity index (χ1) is 16.2. The quantitative estimate of drug-likeness (QED) is 0.416. The molecule has 0 spiro atoms. The third-order valence-electron chi connectivity index (χ3n) is 5.07. The van der Waals surface area contributed by atoms with Gasteiger partial charge >= 0.3 is 0 Å². The standard InChI is InChI=1S/C25H27ClN2O5S/c1-18-7-11-23(12-8-18)34(30,31)28(20-10-9-19(2)24(26)15-20)17-25(29)27-13-14-33-22-6-4-5-21(16-22)32-3/h4-12,15-16H,13-14,17H2,1-3H3,(H,27,29). The molecule has 7 nitrogen and oxygen atoms in total. The minimum Gasteiger partial charge on any atom is -0.497 e. The van der Waals surface area contributed by atoms with Crippen molar-refractivity contribution >= 4 is 33.2 Å². The highest BCUT2D eigenvalue weighted by Gasteiger charge is 2.27. The highest BCUT2D eigenvalue weighted by atomic mass is 35.5. The number of hydrogen-bond donors (Lipinski definition) is 1. The molecular formula is C25H27ClN2O5S. The summed E-state index contributed by atoms with van der Waals surface area (Å²) in [6, 6.07) is 18.5. The maximum atomic E-state index is 13.4. The van der Waals surface area contributed by atoms with Crippen LogP contribution < -0.4 is 19.1 Å². The van der Waals surface area contributed by atoms with Gasteiger partial charge in [-0.05, 0) is 55.8 Å². The number of hydrogen-bond acceptors (Lipinski definition) is 5. The van der Waals surface area contributed by atoms with Crippen LogP contribution in [0.3, 0.4) is 0 Å². The Balaban J connectivity index is 1.72. The van der Waals surface area contributed by atoms with E-state index in [0.717, 1.165) is 15.4 Å². The summed E-state index contributed by atoms with van der Waals surface area (Å²) >= 11 is 6.25. The Hall–Kier alpha value is -3.23. The molecule has 0 aliphatic rings. The number of benzene rings is 3. The average Bonchev–Trinajstić information content (AvgIpc) is 2.82. The van der Waals surface area contributed by atoms with E-state index in [2.05, 4.69) is 5.32 Å². The third kappa shape index (κ3) is 6.42. The van der Waals surface area contributed by atoms with E-state index in [4.69, 9.17) is 21.1 Å². The molecule has 1 amide bonds. The van der Waals surface area contributed by atoms with Crippen molar-refractivity contribution in [2.24, 2.45) is 0 Å². The molecule has 0 heterocycles. The van der Waals surface area contributed by atoms with Crippen molar-refractivity contribution in [1.82, 2.24) is 5.32 Å². The van der Waals surface area contributed by atoms with Gasteiger partial charge in [0.2, 0.25) is 5.91 Å². The van der Waals surface area contributed by atoms with Gasteiger partial charge in [0.05, 0.1) is 24.2 Å². The fourth-order valence-electron chi connectivity index (χ4n) is 3.13. The molecule has 0 saturated carbocycles. The number of rotatable bonds is 10. The molecule has 0 saturated heterocycles. The molecule has 3 aromatic carbocycles. The van der Waals surface area contributed by atoms with Crippen LogP contribution in [0.25, 0.3) is 0 Å². The van der Waals surface area contributed by atoms with E-state index in [1.807, 2.05) is 13.8 Å². The van der Waals surface area contributed by atoms with Gasteiger partial charge in [0.1, 0.15) is 24.7 Å². The summed E-state index contributed by atoms with van der Waals surface area (Å²) in [5.41, 5.74) is 2.04. The van der Waals surface area contributed by atoms with Crippen molar-refractivity contribution in [2.45, 2.75) is 18.7 Å². The molecule has 0 aromatic heterocycles. The number of nitrogens with zero attached hydrogens (tertiary/aromatic N) is 1. The number of sulfonamides is 1. The summed E-state index contributed by atoms with van der Waals surface area (Å²) in [5.74, 6) is 0.795. The summed E-state index contributed by atoms with van der Waals surface area (Å²) in [6.07, 6.45) is 0. The lowest BCUT2D eigenvalue weighted by Crippen LogP contribution is -2.42. The zero-order chi connectivity index (χ0) is 24.7. The van der Waals surface area contributed by atoms with Crippen molar-refractivity contribution in [3.8, 4) is 11.5 Å². The zero-order valence-electron chi connectivity index (χ0n) is 19.2. The molecule has 9 heteroatoms. The third-order valence-corrected chi connectivity index (χ3v) is 7.27. The zero-order valence-corrected chi connectivity index (χ0v) is 20.8. The van der Waals surface area contributed by atoms with E-state index in [1.54, 1.807) is 61.7 Å². The molecular weight excluding hydrogens is 476 g/mol. The monoisotopic (exact) mass is 502 g/mol. The highest BCUT2D eigenvalue weighted by Crippen LogP contribution is 2.28. The molecule has 3 rings (SSSR count). The van der Waals surface area contributed by atoms with E-state index in [-0.39, 0.29) is 18.0 Å². The normalized spacial score (nSPS) is 11.1. The number of aryl methyl sites for hydroxylation is 2. The summed E-state index contributed by atoms with van der Waals surface area (Å²) < 4.78 is 38.7. The van der Waals surface area contributed by atoms with Crippen molar-refractivity contribution in [3.05, 3.63) is 82.9 Å². The number of nitrogens with one attached hydrogen (secondary N) is 1. The summed E-state index contributed by atoms with van der Waals surface area (Å²) in [6.45, 7) is 3.69. The van der Waals surface area contributed by atoms with Crippen LogP contribution >= 0.6 is 11.6 Å². The van der Waals surface area contributed by atoms with Crippen LogP contribution in [-0.4, -0.2) is 41.1 Å². The summed E-state index contributed by atoms with van der Waals surface area (Å²) in [5, 5.41) is 3.12. The van der Waals surface area contributed by atoms with E-state index < -0.39 is 22.5 Å². The van der Waals surface area contributed by atoms with E-state index in [0.29, 0.717) is 22.2 Å². The van der Waals surface area contributed by atoms with Crippen molar-refractivity contribution in [1.29, 1.82) is 0 Å². The lowest BCUT2D eigenvalue weighted by Gasteiger charge is -2.24. The Labute approximate surface area is 205 Å². The van der Waals surface area contributed by atoms with Gasteiger partial charge in [-0.1, -0.05) is 41.4 Å². The first-order valence-electron chi connectivity index (χ1n) is 10.6. The second kappa shape index (κ2) is 11.3. The number of ether oxygens (including phenoxy) is 2. The predicted octanol–water partition coefficient (Wildman–Crippen LogP) is 4.36. The second-order valence-corrected chi connectivity index (χ2v) is 9.91. The Kier molecular flexibility index (Phi) is 8.41. The lowest BCUT2D eigenvalue weighted by molar-refractivity contribution is -0.119. The molecule has 3 aromatic rings. The van der Waals surface area contributed by atoms with Gasteiger partial charge in [0.25, 0.3) is 10.0 Å². The number of halogens is 1. The van der Waals surface area contributed by atoms with Crippen LogP contribution in [-0.2, 0) is 14.8 Å². The Morgan fingerprint density at radius 1 is 1.00 bits per heavy atom. The maximum Gasteiger partial charge on any atom is 0.264 e. The van der Waals surface area contributed by atoms with E-state index in [1.165, 1.54) is 12.1 Å². The summed E-state index contributed by atoms with van der Waals surface area (Å²) in [7, 11) is -2.44. The minimum atomic E-state index is -4.01. The second-order valence-electron chi connectivity index (χ2n) is 7.64. The van der Waals surface area contributed by atoms with Gasteiger partial charge in [-0.3, -0.25) is 9.10 Å².